The Bertz CT molecular complexity index is 851. The maximum absolute atomic E-state index is 12.6. The average molecular weight is 395 g/mol. The lowest BCUT2D eigenvalue weighted by Gasteiger charge is -2.56. The van der Waals surface area contributed by atoms with Crippen LogP contribution in [0.3, 0.4) is 0 Å². The van der Waals surface area contributed by atoms with Crippen molar-refractivity contribution in [3.8, 4) is 5.75 Å². The van der Waals surface area contributed by atoms with Crippen LogP contribution >= 0.6 is 0 Å². The molecule has 1 atom stereocenters. The molecule has 0 spiro atoms. The van der Waals surface area contributed by atoms with Gasteiger partial charge in [0.1, 0.15) is 17.9 Å². The van der Waals surface area contributed by atoms with Crippen LogP contribution in [0.15, 0.2) is 48.5 Å². The molecule has 4 nitrogen and oxygen atoms in total. The van der Waals surface area contributed by atoms with E-state index in [0.717, 1.165) is 66.8 Å². The average Bonchev–Trinajstić information content (AvgIpc) is 2.74. The summed E-state index contributed by atoms with van der Waals surface area (Å²) in [6.45, 7) is 6.06. The van der Waals surface area contributed by atoms with Gasteiger partial charge >= 0.3 is 0 Å². The van der Waals surface area contributed by atoms with Gasteiger partial charge in [-0.1, -0.05) is 29.8 Å². The summed E-state index contributed by atoms with van der Waals surface area (Å²) in [4.78, 5) is 12.6. The van der Waals surface area contributed by atoms with E-state index in [9.17, 15) is 9.90 Å². The number of ketones is 1. The van der Waals surface area contributed by atoms with Gasteiger partial charge in [-0.05, 0) is 36.8 Å². The van der Waals surface area contributed by atoms with E-state index in [2.05, 4.69) is 31.2 Å². The number of quaternary nitrogens is 1. The molecule has 0 aliphatic carbocycles. The van der Waals surface area contributed by atoms with Crippen molar-refractivity contribution in [2.75, 3.05) is 33.3 Å². The maximum atomic E-state index is 12.6. The minimum absolute atomic E-state index is 0.187. The Hall–Kier alpha value is -2.17. The minimum Gasteiger partial charge on any atom is -0.497 e. The van der Waals surface area contributed by atoms with Crippen molar-refractivity contribution in [3.63, 3.8) is 0 Å². The van der Waals surface area contributed by atoms with E-state index < -0.39 is 5.60 Å². The van der Waals surface area contributed by atoms with Crippen molar-refractivity contribution in [2.45, 2.75) is 38.2 Å². The predicted octanol–water partition coefficient (Wildman–Crippen LogP) is 4.09. The van der Waals surface area contributed by atoms with E-state index in [4.69, 9.17) is 4.74 Å². The van der Waals surface area contributed by atoms with E-state index >= 15 is 0 Å². The molecule has 3 heterocycles. The van der Waals surface area contributed by atoms with Crippen molar-refractivity contribution in [1.29, 1.82) is 0 Å². The highest BCUT2D eigenvalue weighted by molar-refractivity contribution is 5.96. The van der Waals surface area contributed by atoms with Crippen LogP contribution in [0.2, 0.25) is 0 Å². The highest BCUT2D eigenvalue weighted by atomic mass is 16.5. The van der Waals surface area contributed by atoms with Gasteiger partial charge in [-0.15, -0.1) is 0 Å². The number of Topliss-reactive ketones (excluding diaryl/α,β-unsaturated/α-hetero) is 1. The number of hydrogen-bond acceptors (Lipinski definition) is 3. The molecule has 154 valence electrons. The molecule has 4 heteroatoms. The zero-order valence-corrected chi connectivity index (χ0v) is 17.6. The summed E-state index contributed by atoms with van der Waals surface area (Å²) in [5.74, 6) is 1.31. The monoisotopic (exact) mass is 394 g/mol. The Morgan fingerprint density at radius 2 is 1.76 bits per heavy atom. The Balaban J connectivity index is 1.40. The first kappa shape index (κ1) is 20.1. The van der Waals surface area contributed by atoms with Crippen molar-refractivity contribution >= 4 is 5.78 Å². The van der Waals surface area contributed by atoms with Crippen LogP contribution in [0.25, 0.3) is 0 Å². The fourth-order valence-corrected chi connectivity index (χ4v) is 5.36. The van der Waals surface area contributed by atoms with E-state index in [-0.39, 0.29) is 5.78 Å². The van der Waals surface area contributed by atoms with Gasteiger partial charge in [0.25, 0.3) is 0 Å². The second-order valence-corrected chi connectivity index (χ2v) is 8.99. The fraction of sp³-hybridized carbons (Fsp3) is 0.480. The number of benzene rings is 2. The number of ether oxygens (including phenoxy) is 1. The summed E-state index contributed by atoms with van der Waals surface area (Å²) in [5, 5.41) is 11.6. The molecule has 0 amide bonds. The second kappa shape index (κ2) is 7.92. The maximum Gasteiger partial charge on any atom is 0.163 e. The van der Waals surface area contributed by atoms with Gasteiger partial charge in [0, 0.05) is 37.2 Å². The number of rotatable bonds is 7. The number of nitrogens with zero attached hydrogens (tertiary/aromatic N) is 1. The quantitative estimate of drug-likeness (QED) is 0.568. The summed E-state index contributed by atoms with van der Waals surface area (Å²) in [5.41, 5.74) is 2.30. The summed E-state index contributed by atoms with van der Waals surface area (Å²) in [6, 6.07) is 15.8. The Labute approximate surface area is 173 Å². The van der Waals surface area contributed by atoms with Gasteiger partial charge < -0.3 is 14.3 Å². The molecule has 0 saturated carbocycles. The first-order chi connectivity index (χ1) is 13.9. The Morgan fingerprint density at radius 3 is 2.38 bits per heavy atom. The van der Waals surface area contributed by atoms with Crippen molar-refractivity contribution in [2.24, 2.45) is 5.92 Å². The molecular formula is C25H32NO3+. The lowest BCUT2D eigenvalue weighted by Crippen LogP contribution is -2.67. The SMILES string of the molecule is COc1ccc(C(=O)CCC[N+]23CCC(CC2)[C@@](O)(c2ccc(C)cc2)C3)cc1. The number of carbonyl (C=O) groups is 1. The molecule has 3 aliphatic rings. The van der Waals surface area contributed by atoms with E-state index in [1.54, 1.807) is 7.11 Å². The predicted molar refractivity (Wildman–Crippen MR) is 114 cm³/mol. The smallest absolute Gasteiger partial charge is 0.163 e. The van der Waals surface area contributed by atoms with Gasteiger partial charge in [-0.3, -0.25) is 4.79 Å². The van der Waals surface area contributed by atoms with Crippen molar-refractivity contribution < 1.29 is 19.1 Å². The van der Waals surface area contributed by atoms with E-state index in [1.165, 1.54) is 5.56 Å². The largest absolute Gasteiger partial charge is 0.497 e. The third kappa shape index (κ3) is 3.96. The zero-order chi connectivity index (χ0) is 20.5. The van der Waals surface area contributed by atoms with Crippen molar-refractivity contribution in [1.82, 2.24) is 0 Å². The Morgan fingerprint density at radius 1 is 1.10 bits per heavy atom. The van der Waals surface area contributed by atoms with E-state index in [1.807, 2.05) is 24.3 Å². The molecule has 0 aromatic heterocycles. The first-order valence-corrected chi connectivity index (χ1v) is 10.8. The van der Waals surface area contributed by atoms with Crippen LogP contribution in [0, 0.1) is 12.8 Å². The molecule has 29 heavy (non-hydrogen) atoms. The lowest BCUT2D eigenvalue weighted by atomic mass is 9.70. The molecule has 3 fully saturated rings. The normalized spacial score (nSPS) is 28.3. The molecule has 0 radical (unpaired) electrons. The molecular weight excluding hydrogens is 362 g/mol. The van der Waals surface area contributed by atoms with Crippen LogP contribution in [-0.4, -0.2) is 48.7 Å². The highest BCUT2D eigenvalue weighted by Crippen LogP contribution is 2.46. The number of aryl methyl sites for hydroxylation is 1. The molecule has 3 aliphatic heterocycles. The molecule has 3 saturated heterocycles. The zero-order valence-electron chi connectivity index (χ0n) is 17.6. The third-order valence-electron chi connectivity index (χ3n) is 7.16. The van der Waals surface area contributed by atoms with Gasteiger partial charge in [0.05, 0.1) is 26.7 Å². The van der Waals surface area contributed by atoms with Gasteiger partial charge in [0.15, 0.2) is 5.78 Å². The summed E-state index contributed by atoms with van der Waals surface area (Å²) < 4.78 is 6.11. The highest BCUT2D eigenvalue weighted by Gasteiger charge is 2.54. The third-order valence-corrected chi connectivity index (χ3v) is 7.16. The molecule has 2 aromatic rings. The van der Waals surface area contributed by atoms with Crippen LogP contribution in [0.4, 0.5) is 0 Å². The standard InChI is InChI=1S/C25H32NO3/c1-19-5-9-21(10-6-19)25(28)18-26(16-13-22(25)14-17-26)15-3-4-24(27)20-7-11-23(29-2)12-8-20/h5-12,22,28H,3-4,13-18H2,1-2H3/q+1/t22?,25-,26?/m0/s1. The second-order valence-electron chi connectivity index (χ2n) is 8.99. The number of fused-ring (bicyclic) bond motifs is 3. The summed E-state index contributed by atoms with van der Waals surface area (Å²) in [7, 11) is 1.63. The molecule has 1 N–H and O–H groups in total. The molecule has 2 bridgehead atoms. The van der Waals surface area contributed by atoms with Crippen LogP contribution < -0.4 is 4.74 Å². The van der Waals surface area contributed by atoms with Crippen LogP contribution in [0.5, 0.6) is 5.75 Å². The number of methoxy groups -OCH3 is 1. The number of carbonyl (C=O) groups excluding carboxylic acids is 1. The first-order valence-electron chi connectivity index (χ1n) is 10.8. The number of hydrogen-bond donors (Lipinski definition) is 1. The van der Waals surface area contributed by atoms with E-state index in [0.29, 0.717) is 12.3 Å². The fourth-order valence-electron chi connectivity index (χ4n) is 5.36. The summed E-state index contributed by atoms with van der Waals surface area (Å²) >= 11 is 0. The van der Waals surface area contributed by atoms with Gasteiger partial charge in [0.2, 0.25) is 0 Å². The van der Waals surface area contributed by atoms with Crippen LogP contribution in [0.1, 0.15) is 47.2 Å². The number of piperidine rings is 3. The number of aliphatic hydroxyl groups is 1. The molecule has 0 unspecified atom stereocenters. The Kier molecular flexibility index (Phi) is 5.50. The summed E-state index contributed by atoms with van der Waals surface area (Å²) in [6.07, 6.45) is 3.55. The van der Waals surface area contributed by atoms with Crippen molar-refractivity contribution in [3.05, 3.63) is 65.2 Å². The minimum atomic E-state index is -0.732. The van der Waals surface area contributed by atoms with Gasteiger partial charge in [-0.2, -0.15) is 0 Å². The molecule has 5 rings (SSSR count). The topological polar surface area (TPSA) is 46.5 Å². The lowest BCUT2D eigenvalue weighted by molar-refractivity contribution is -0.952. The molecule has 2 aromatic carbocycles. The van der Waals surface area contributed by atoms with Crippen LogP contribution in [-0.2, 0) is 5.60 Å². The van der Waals surface area contributed by atoms with Gasteiger partial charge in [-0.25, -0.2) is 0 Å².